The Morgan fingerprint density at radius 2 is 2.07 bits per heavy atom. The maximum absolute atomic E-state index is 11.0. The number of hydrogen-bond donors (Lipinski definition) is 2. The summed E-state index contributed by atoms with van der Waals surface area (Å²) >= 11 is 0. The van der Waals surface area contributed by atoms with E-state index in [4.69, 9.17) is 9.84 Å². The Kier molecular flexibility index (Phi) is 4.03. The summed E-state index contributed by atoms with van der Waals surface area (Å²) in [5.41, 5.74) is 0. The zero-order valence-electron chi connectivity index (χ0n) is 8.16. The molecule has 1 fully saturated rings. The SMILES string of the molecule is CC(OCCO)C1CC(=O)NC(=O)C1. The van der Waals surface area contributed by atoms with E-state index in [2.05, 4.69) is 5.32 Å². The monoisotopic (exact) mass is 201 g/mol. The molecule has 1 aliphatic rings. The molecule has 2 N–H and O–H groups in total. The number of aliphatic hydroxyl groups is 1. The zero-order valence-corrected chi connectivity index (χ0v) is 8.16. The molecule has 0 spiro atoms. The maximum atomic E-state index is 11.0. The van der Waals surface area contributed by atoms with Gasteiger partial charge in [0.2, 0.25) is 11.8 Å². The van der Waals surface area contributed by atoms with Gasteiger partial charge in [0, 0.05) is 18.8 Å². The fourth-order valence-electron chi connectivity index (χ4n) is 1.51. The van der Waals surface area contributed by atoms with Gasteiger partial charge in [-0.1, -0.05) is 0 Å². The highest BCUT2D eigenvalue weighted by molar-refractivity contribution is 5.97. The second kappa shape index (κ2) is 5.07. The topological polar surface area (TPSA) is 75.6 Å². The molecule has 1 heterocycles. The smallest absolute Gasteiger partial charge is 0.226 e. The number of nitrogens with one attached hydrogen (secondary N) is 1. The Hall–Kier alpha value is -0.940. The number of rotatable bonds is 4. The Morgan fingerprint density at radius 3 is 2.57 bits per heavy atom. The molecule has 2 amide bonds. The van der Waals surface area contributed by atoms with Gasteiger partial charge in [0.15, 0.2) is 0 Å². The van der Waals surface area contributed by atoms with E-state index in [0.717, 1.165) is 0 Å². The van der Waals surface area contributed by atoms with Crippen molar-refractivity contribution in [2.24, 2.45) is 5.92 Å². The van der Waals surface area contributed by atoms with Crippen LogP contribution in [0.3, 0.4) is 0 Å². The minimum atomic E-state index is -0.245. The standard InChI is InChI=1S/C9H15NO4/c1-6(14-3-2-11)7-4-8(12)10-9(13)5-7/h6-7,11H,2-5H2,1H3,(H,10,12,13). The predicted octanol–water partition coefficient (Wildman–Crippen LogP) is -0.563. The molecule has 0 aromatic heterocycles. The highest BCUT2D eigenvalue weighted by atomic mass is 16.5. The Labute approximate surface area is 82.4 Å². The van der Waals surface area contributed by atoms with Gasteiger partial charge in [0.25, 0.3) is 0 Å². The lowest BCUT2D eigenvalue weighted by molar-refractivity contribution is -0.137. The Bertz CT molecular complexity index is 213. The van der Waals surface area contributed by atoms with E-state index in [0.29, 0.717) is 12.8 Å². The van der Waals surface area contributed by atoms with Crippen LogP contribution in [0, 0.1) is 5.92 Å². The van der Waals surface area contributed by atoms with Crippen molar-refractivity contribution >= 4 is 11.8 Å². The van der Waals surface area contributed by atoms with E-state index in [1.54, 1.807) is 0 Å². The number of imide groups is 1. The first-order valence-corrected chi connectivity index (χ1v) is 4.68. The first-order chi connectivity index (χ1) is 6.63. The van der Waals surface area contributed by atoms with Crippen LogP contribution in [0.5, 0.6) is 0 Å². The Balaban J connectivity index is 2.42. The van der Waals surface area contributed by atoms with Gasteiger partial charge in [-0.15, -0.1) is 0 Å². The van der Waals surface area contributed by atoms with Crippen LogP contribution < -0.4 is 5.32 Å². The summed E-state index contributed by atoms with van der Waals surface area (Å²) in [4.78, 5) is 22.1. The molecule has 1 atom stereocenters. The average Bonchev–Trinajstić information content (AvgIpc) is 2.12. The van der Waals surface area contributed by atoms with Gasteiger partial charge in [-0.3, -0.25) is 14.9 Å². The molecular weight excluding hydrogens is 186 g/mol. The molecule has 5 nitrogen and oxygen atoms in total. The molecular formula is C9H15NO4. The van der Waals surface area contributed by atoms with Gasteiger partial charge in [0.05, 0.1) is 19.3 Å². The van der Waals surface area contributed by atoms with Gasteiger partial charge in [-0.25, -0.2) is 0 Å². The molecule has 0 aliphatic carbocycles. The molecule has 1 unspecified atom stereocenters. The largest absolute Gasteiger partial charge is 0.394 e. The minimum absolute atomic E-state index is 0.0444. The minimum Gasteiger partial charge on any atom is -0.394 e. The second-order valence-corrected chi connectivity index (χ2v) is 3.44. The summed E-state index contributed by atoms with van der Waals surface area (Å²) in [6, 6.07) is 0. The van der Waals surface area contributed by atoms with Crippen LogP contribution in [0.15, 0.2) is 0 Å². The summed E-state index contributed by atoms with van der Waals surface area (Å²) in [5, 5.41) is 10.8. The molecule has 5 heteroatoms. The number of hydrogen-bond acceptors (Lipinski definition) is 4. The van der Waals surface area contributed by atoms with E-state index in [-0.39, 0.29) is 37.0 Å². The van der Waals surface area contributed by atoms with Crippen LogP contribution in [-0.4, -0.2) is 36.2 Å². The van der Waals surface area contributed by atoms with Crippen LogP contribution in [0.25, 0.3) is 0 Å². The second-order valence-electron chi connectivity index (χ2n) is 3.44. The van der Waals surface area contributed by atoms with Crippen LogP contribution in [0.1, 0.15) is 19.8 Å². The fraction of sp³-hybridized carbons (Fsp3) is 0.778. The van der Waals surface area contributed by atoms with Crippen molar-refractivity contribution in [3.8, 4) is 0 Å². The van der Waals surface area contributed by atoms with Crippen LogP contribution in [0.4, 0.5) is 0 Å². The highest BCUT2D eigenvalue weighted by Gasteiger charge is 2.29. The predicted molar refractivity (Wildman–Crippen MR) is 48.4 cm³/mol. The van der Waals surface area contributed by atoms with Gasteiger partial charge < -0.3 is 9.84 Å². The first-order valence-electron chi connectivity index (χ1n) is 4.68. The van der Waals surface area contributed by atoms with E-state index < -0.39 is 0 Å². The van der Waals surface area contributed by atoms with Crippen molar-refractivity contribution in [2.75, 3.05) is 13.2 Å². The van der Waals surface area contributed by atoms with Crippen LogP contribution in [-0.2, 0) is 14.3 Å². The molecule has 80 valence electrons. The van der Waals surface area contributed by atoms with Crippen molar-refractivity contribution in [3.05, 3.63) is 0 Å². The lowest BCUT2D eigenvalue weighted by Crippen LogP contribution is -2.42. The van der Waals surface area contributed by atoms with E-state index >= 15 is 0 Å². The molecule has 1 saturated heterocycles. The van der Waals surface area contributed by atoms with Crippen molar-refractivity contribution in [1.82, 2.24) is 5.32 Å². The third-order valence-electron chi connectivity index (χ3n) is 2.31. The van der Waals surface area contributed by atoms with E-state index in [9.17, 15) is 9.59 Å². The van der Waals surface area contributed by atoms with Crippen molar-refractivity contribution < 1.29 is 19.4 Å². The fourth-order valence-corrected chi connectivity index (χ4v) is 1.51. The quantitative estimate of drug-likeness (QED) is 0.598. The summed E-state index contributed by atoms with van der Waals surface area (Å²) in [7, 11) is 0. The van der Waals surface area contributed by atoms with Crippen LogP contribution in [0.2, 0.25) is 0 Å². The van der Waals surface area contributed by atoms with Gasteiger partial charge in [0.1, 0.15) is 0 Å². The molecule has 1 rings (SSSR count). The normalized spacial score (nSPS) is 20.7. The molecule has 1 aliphatic heterocycles. The number of carbonyl (C=O) groups excluding carboxylic acids is 2. The maximum Gasteiger partial charge on any atom is 0.226 e. The summed E-state index contributed by atoms with van der Waals surface area (Å²) in [6.07, 6.45) is 0.466. The molecule has 0 saturated carbocycles. The molecule has 0 aromatic rings. The number of carbonyl (C=O) groups is 2. The number of aliphatic hydroxyl groups excluding tert-OH is 1. The summed E-state index contributed by atoms with van der Waals surface area (Å²) < 4.78 is 5.25. The number of ether oxygens (including phenoxy) is 1. The van der Waals surface area contributed by atoms with E-state index in [1.807, 2.05) is 6.92 Å². The van der Waals surface area contributed by atoms with Crippen molar-refractivity contribution in [1.29, 1.82) is 0 Å². The third kappa shape index (κ3) is 3.08. The number of amides is 2. The highest BCUT2D eigenvalue weighted by Crippen LogP contribution is 2.19. The van der Waals surface area contributed by atoms with Crippen molar-refractivity contribution in [3.63, 3.8) is 0 Å². The lowest BCUT2D eigenvalue weighted by atomic mass is 9.92. The van der Waals surface area contributed by atoms with Crippen molar-refractivity contribution in [2.45, 2.75) is 25.9 Å². The summed E-state index contributed by atoms with van der Waals surface area (Å²) in [6.45, 7) is 2.01. The Morgan fingerprint density at radius 1 is 1.50 bits per heavy atom. The first kappa shape index (κ1) is 11.1. The van der Waals surface area contributed by atoms with Gasteiger partial charge >= 0.3 is 0 Å². The molecule has 14 heavy (non-hydrogen) atoms. The lowest BCUT2D eigenvalue weighted by Gasteiger charge is -2.26. The molecule has 0 aromatic carbocycles. The van der Waals surface area contributed by atoms with Crippen LogP contribution >= 0.6 is 0 Å². The number of piperidine rings is 1. The molecule has 0 radical (unpaired) electrons. The average molecular weight is 201 g/mol. The molecule has 0 bridgehead atoms. The van der Waals surface area contributed by atoms with E-state index in [1.165, 1.54) is 0 Å². The zero-order chi connectivity index (χ0) is 10.6. The third-order valence-corrected chi connectivity index (χ3v) is 2.31. The summed E-state index contributed by atoms with van der Waals surface area (Å²) in [5.74, 6) is -0.556. The van der Waals surface area contributed by atoms with Gasteiger partial charge in [-0.2, -0.15) is 0 Å². The van der Waals surface area contributed by atoms with Gasteiger partial charge in [-0.05, 0) is 6.92 Å².